The van der Waals surface area contributed by atoms with Gasteiger partial charge >= 0.3 is 6.18 Å². The molecule has 12 heteroatoms. The number of imidazole rings is 1. The van der Waals surface area contributed by atoms with Gasteiger partial charge in [-0.3, -0.25) is 4.99 Å². The maximum absolute atomic E-state index is 13.7. The topological polar surface area (TPSA) is 92.9 Å². The molecule has 0 spiro atoms. The number of hydrogen-bond acceptors (Lipinski definition) is 5. The summed E-state index contributed by atoms with van der Waals surface area (Å²) in [4.78, 5) is 7.89. The molecule has 1 aromatic carbocycles. The predicted octanol–water partition coefficient (Wildman–Crippen LogP) is 3.42. The number of nitrogens with zero attached hydrogens (tertiary/aromatic N) is 3. The van der Waals surface area contributed by atoms with Crippen LogP contribution in [0.3, 0.4) is 0 Å². The van der Waals surface area contributed by atoms with Crippen molar-refractivity contribution in [3.05, 3.63) is 36.4 Å². The van der Waals surface area contributed by atoms with E-state index in [0.29, 0.717) is 36.9 Å². The van der Waals surface area contributed by atoms with E-state index in [-0.39, 0.29) is 36.5 Å². The maximum atomic E-state index is 13.7. The number of anilines is 1. The van der Waals surface area contributed by atoms with Gasteiger partial charge in [0.1, 0.15) is 5.82 Å². The average Bonchev–Trinajstić information content (AvgIpc) is 3.01. The van der Waals surface area contributed by atoms with Crippen LogP contribution in [0.2, 0.25) is 0 Å². The number of halogens is 4. The normalized spacial score (nSPS) is 15.9. The molecule has 0 radical (unpaired) electrons. The van der Waals surface area contributed by atoms with Gasteiger partial charge in [-0.2, -0.15) is 13.2 Å². The van der Waals surface area contributed by atoms with Crippen LogP contribution < -0.4 is 20.1 Å². The highest BCUT2D eigenvalue weighted by Crippen LogP contribution is 2.40. The monoisotopic (exact) mass is 569 g/mol. The van der Waals surface area contributed by atoms with Gasteiger partial charge < -0.3 is 29.8 Å². The smallest absolute Gasteiger partial charge is 0.424 e. The molecular weight excluding hydrogens is 542 g/mol. The van der Waals surface area contributed by atoms with Gasteiger partial charge in [-0.15, -0.1) is 24.0 Å². The van der Waals surface area contributed by atoms with Crippen LogP contribution in [0.4, 0.5) is 18.9 Å². The van der Waals surface area contributed by atoms with Gasteiger partial charge in [0.05, 0.1) is 13.2 Å². The summed E-state index contributed by atoms with van der Waals surface area (Å²) in [5.41, 5.74) is -2.47. The fourth-order valence-electron chi connectivity index (χ4n) is 3.16. The molecule has 2 heterocycles. The van der Waals surface area contributed by atoms with E-state index in [9.17, 15) is 18.3 Å². The first-order chi connectivity index (χ1) is 14.7. The van der Waals surface area contributed by atoms with Gasteiger partial charge in [0.2, 0.25) is 5.60 Å². The zero-order valence-corrected chi connectivity index (χ0v) is 20.1. The molecule has 178 valence electrons. The molecule has 1 aromatic heterocycles. The Morgan fingerprint density at radius 1 is 1.25 bits per heavy atom. The molecule has 0 amide bonds. The molecule has 3 rings (SSSR count). The Bertz CT molecular complexity index is 922. The van der Waals surface area contributed by atoms with Crippen LogP contribution in [-0.2, 0) is 12.6 Å². The van der Waals surface area contributed by atoms with E-state index in [1.807, 2.05) is 6.92 Å². The summed E-state index contributed by atoms with van der Waals surface area (Å²) in [5, 5.41) is 16.5. The predicted molar refractivity (Wildman–Crippen MR) is 125 cm³/mol. The van der Waals surface area contributed by atoms with E-state index in [2.05, 4.69) is 20.6 Å². The second-order valence-corrected chi connectivity index (χ2v) is 7.07. The minimum atomic E-state index is -4.90. The number of benzene rings is 1. The highest BCUT2D eigenvalue weighted by molar-refractivity contribution is 14.0. The van der Waals surface area contributed by atoms with Crippen molar-refractivity contribution in [2.24, 2.45) is 12.0 Å². The van der Waals surface area contributed by atoms with Crippen molar-refractivity contribution >= 4 is 35.6 Å². The van der Waals surface area contributed by atoms with E-state index < -0.39 is 24.0 Å². The minimum absolute atomic E-state index is 0. The molecule has 0 saturated heterocycles. The number of guanidine groups is 1. The summed E-state index contributed by atoms with van der Waals surface area (Å²) >= 11 is 0. The number of aliphatic imine (C=N–C) groups is 1. The van der Waals surface area contributed by atoms with E-state index in [0.717, 1.165) is 11.0 Å². The third-order valence-corrected chi connectivity index (χ3v) is 4.76. The number of aryl methyl sites for hydroxylation is 1. The lowest BCUT2D eigenvalue weighted by Gasteiger charge is -2.29. The molecule has 2 aromatic rings. The summed E-state index contributed by atoms with van der Waals surface area (Å²) in [5.74, 6) is 1.02. The summed E-state index contributed by atoms with van der Waals surface area (Å²) in [7, 11) is 1.40. The van der Waals surface area contributed by atoms with E-state index in [1.54, 1.807) is 18.2 Å². The lowest BCUT2D eigenvalue weighted by atomic mass is 9.98. The molecule has 0 aliphatic carbocycles. The average molecular weight is 569 g/mol. The summed E-state index contributed by atoms with van der Waals surface area (Å²) in [6.07, 6.45) is -2.24. The zero-order chi connectivity index (χ0) is 22.5. The Morgan fingerprint density at radius 3 is 2.59 bits per heavy atom. The van der Waals surface area contributed by atoms with Gasteiger partial charge in [0.15, 0.2) is 17.5 Å². The molecule has 1 aliphatic rings. The number of alkyl halides is 3. The molecule has 1 unspecified atom stereocenters. The molecular formula is C20H27F3IN5O3. The molecule has 1 aliphatic heterocycles. The SMILES string of the molecule is CCNC(=NCCC(O)(c1nccn1C)C(F)(F)F)Nc1ccc2c(c1)OCCCO2.I. The number of nitrogens with one attached hydrogen (secondary N) is 2. The van der Waals surface area contributed by atoms with Crippen molar-refractivity contribution in [3.8, 4) is 11.5 Å². The third kappa shape index (κ3) is 5.97. The number of rotatable bonds is 6. The van der Waals surface area contributed by atoms with Crippen molar-refractivity contribution in [2.75, 3.05) is 31.6 Å². The molecule has 0 fully saturated rings. The number of hydrogen-bond donors (Lipinski definition) is 3. The number of ether oxygens (including phenoxy) is 2. The largest absolute Gasteiger partial charge is 0.490 e. The van der Waals surface area contributed by atoms with Crippen LogP contribution in [0.5, 0.6) is 11.5 Å². The number of fused-ring (bicyclic) bond motifs is 1. The molecule has 8 nitrogen and oxygen atoms in total. The first-order valence-corrected chi connectivity index (χ1v) is 9.96. The van der Waals surface area contributed by atoms with E-state index in [4.69, 9.17) is 9.47 Å². The highest BCUT2D eigenvalue weighted by Gasteiger charge is 2.57. The van der Waals surface area contributed by atoms with Crippen LogP contribution >= 0.6 is 24.0 Å². The Morgan fingerprint density at radius 2 is 1.97 bits per heavy atom. The van der Waals surface area contributed by atoms with Crippen LogP contribution in [0.1, 0.15) is 25.6 Å². The van der Waals surface area contributed by atoms with Crippen molar-refractivity contribution in [1.29, 1.82) is 0 Å². The second-order valence-electron chi connectivity index (χ2n) is 7.07. The molecule has 0 bridgehead atoms. The maximum Gasteiger partial charge on any atom is 0.424 e. The number of aliphatic hydroxyl groups is 1. The standard InChI is InChI=1S/C20H26F3N5O3.HI/c1-3-24-18(27-14-5-6-15-16(13-14)31-12-4-11-30-15)26-8-7-19(29,20(21,22)23)17-25-9-10-28(17)2;/h5-6,9-10,13,29H,3-4,7-8,11-12H2,1-2H3,(H2,24,26,27);1H. The van der Waals surface area contributed by atoms with Crippen molar-refractivity contribution in [2.45, 2.75) is 31.5 Å². The van der Waals surface area contributed by atoms with Gasteiger partial charge in [-0.25, -0.2) is 4.98 Å². The highest BCUT2D eigenvalue weighted by atomic mass is 127. The van der Waals surface area contributed by atoms with Crippen molar-refractivity contribution in [1.82, 2.24) is 14.9 Å². The first-order valence-electron chi connectivity index (χ1n) is 9.96. The summed E-state index contributed by atoms with van der Waals surface area (Å²) in [6, 6.07) is 5.27. The minimum Gasteiger partial charge on any atom is -0.490 e. The van der Waals surface area contributed by atoms with Crippen molar-refractivity contribution < 1.29 is 27.8 Å². The fourth-order valence-corrected chi connectivity index (χ4v) is 3.16. The summed E-state index contributed by atoms with van der Waals surface area (Å²) in [6.45, 7) is 3.16. The number of aromatic nitrogens is 2. The van der Waals surface area contributed by atoms with Crippen LogP contribution in [-0.4, -0.2) is 53.1 Å². The Balaban J connectivity index is 0.00000363. The van der Waals surface area contributed by atoms with E-state index in [1.165, 1.54) is 19.4 Å². The third-order valence-electron chi connectivity index (χ3n) is 4.76. The molecule has 3 N–H and O–H groups in total. The van der Waals surface area contributed by atoms with Crippen LogP contribution in [0, 0.1) is 0 Å². The van der Waals surface area contributed by atoms with Gasteiger partial charge in [0.25, 0.3) is 0 Å². The second kappa shape index (κ2) is 11.1. The molecule has 1 atom stereocenters. The molecule has 0 saturated carbocycles. The van der Waals surface area contributed by atoms with Crippen LogP contribution in [0.25, 0.3) is 0 Å². The fraction of sp³-hybridized carbons (Fsp3) is 0.500. The van der Waals surface area contributed by atoms with Gasteiger partial charge in [-0.1, -0.05) is 0 Å². The lowest BCUT2D eigenvalue weighted by molar-refractivity contribution is -0.272. The van der Waals surface area contributed by atoms with E-state index >= 15 is 0 Å². The van der Waals surface area contributed by atoms with Crippen LogP contribution in [0.15, 0.2) is 35.6 Å². The van der Waals surface area contributed by atoms with Gasteiger partial charge in [0, 0.05) is 57.1 Å². The lowest BCUT2D eigenvalue weighted by Crippen LogP contribution is -2.45. The molecule has 32 heavy (non-hydrogen) atoms. The Kier molecular flexibility index (Phi) is 9.01. The Hall–Kier alpha value is -2.22. The van der Waals surface area contributed by atoms with Gasteiger partial charge in [-0.05, 0) is 19.1 Å². The Labute approximate surface area is 201 Å². The first kappa shape index (κ1) is 26.0. The summed E-state index contributed by atoms with van der Waals surface area (Å²) < 4.78 is 53.4. The zero-order valence-electron chi connectivity index (χ0n) is 17.8. The quantitative estimate of drug-likeness (QED) is 0.281. The van der Waals surface area contributed by atoms with Crippen molar-refractivity contribution in [3.63, 3.8) is 0 Å².